The number of nitrogens with zero attached hydrogens (tertiary/aromatic N) is 1. The van der Waals surface area contributed by atoms with Gasteiger partial charge in [0.25, 0.3) is 0 Å². The fourth-order valence-corrected chi connectivity index (χ4v) is 4.28. The van der Waals surface area contributed by atoms with E-state index < -0.39 is 0 Å². The van der Waals surface area contributed by atoms with Gasteiger partial charge in [-0.3, -0.25) is 4.79 Å². The summed E-state index contributed by atoms with van der Waals surface area (Å²) in [5, 5.41) is 4.17. The van der Waals surface area contributed by atoms with Crippen LogP contribution in [0.2, 0.25) is 5.02 Å². The topological polar surface area (TPSA) is 32.3 Å². The summed E-state index contributed by atoms with van der Waals surface area (Å²) in [5.41, 5.74) is 1.07. The van der Waals surface area contributed by atoms with Crippen molar-refractivity contribution in [3.8, 4) is 0 Å². The van der Waals surface area contributed by atoms with Gasteiger partial charge in [-0.1, -0.05) is 42.6 Å². The molecular weight excluding hydrogens is 355 g/mol. The van der Waals surface area contributed by atoms with E-state index in [1.54, 1.807) is 0 Å². The van der Waals surface area contributed by atoms with Crippen LogP contribution >= 0.6 is 24.0 Å². The van der Waals surface area contributed by atoms with Crippen molar-refractivity contribution < 1.29 is 4.79 Å². The minimum absolute atomic E-state index is 0. The lowest BCUT2D eigenvalue weighted by Gasteiger charge is -2.30. The molecule has 1 amide bonds. The molecule has 1 N–H and O–H groups in total. The number of carbonyl (C=O) groups excluding carboxylic acids is 1. The van der Waals surface area contributed by atoms with Gasteiger partial charge >= 0.3 is 0 Å². The second-order valence-electron chi connectivity index (χ2n) is 7.28. The Balaban J connectivity index is 0.00000225. The number of carbonyl (C=O) groups is 1. The van der Waals surface area contributed by atoms with Crippen LogP contribution in [-0.4, -0.2) is 29.9 Å². The van der Waals surface area contributed by atoms with Gasteiger partial charge in [-0.05, 0) is 62.7 Å². The highest BCUT2D eigenvalue weighted by atomic mass is 35.5. The molecule has 1 saturated heterocycles. The van der Waals surface area contributed by atoms with E-state index >= 15 is 0 Å². The van der Waals surface area contributed by atoms with Gasteiger partial charge in [-0.15, -0.1) is 12.4 Å². The van der Waals surface area contributed by atoms with Crippen molar-refractivity contribution in [2.24, 2.45) is 5.92 Å². The van der Waals surface area contributed by atoms with Crippen LogP contribution in [0.4, 0.5) is 0 Å². The monoisotopic (exact) mass is 384 g/mol. The van der Waals surface area contributed by atoms with Crippen LogP contribution in [0.3, 0.4) is 0 Å². The highest BCUT2D eigenvalue weighted by Gasteiger charge is 2.27. The zero-order valence-corrected chi connectivity index (χ0v) is 16.5. The van der Waals surface area contributed by atoms with Crippen LogP contribution in [0.15, 0.2) is 24.3 Å². The molecule has 1 aliphatic heterocycles. The van der Waals surface area contributed by atoms with Crippen LogP contribution in [0.5, 0.6) is 0 Å². The smallest absolute Gasteiger partial charge is 0.223 e. The first kappa shape index (κ1) is 20.5. The fraction of sp³-hybridized carbons (Fsp3) is 0.650. The number of rotatable bonds is 6. The minimum Gasteiger partial charge on any atom is -0.335 e. The van der Waals surface area contributed by atoms with Gasteiger partial charge in [0.1, 0.15) is 0 Å². The molecular formula is C20H30Cl2N2O. The van der Waals surface area contributed by atoms with Gasteiger partial charge in [0, 0.05) is 24.0 Å². The minimum atomic E-state index is 0. The molecule has 1 heterocycles. The summed E-state index contributed by atoms with van der Waals surface area (Å²) in [6, 6.07) is 8.33. The molecule has 1 aromatic carbocycles. The normalized spacial score (nSPS) is 18.8. The first-order chi connectivity index (χ1) is 11.7. The first-order valence-electron chi connectivity index (χ1n) is 9.47. The Morgan fingerprint density at radius 1 is 1.12 bits per heavy atom. The van der Waals surface area contributed by atoms with E-state index in [2.05, 4.69) is 10.2 Å². The number of hydrogen-bond donors (Lipinski definition) is 1. The van der Waals surface area contributed by atoms with Crippen molar-refractivity contribution in [1.82, 2.24) is 10.2 Å². The number of amides is 1. The highest BCUT2D eigenvalue weighted by Crippen LogP contribution is 2.28. The lowest BCUT2D eigenvalue weighted by Crippen LogP contribution is -2.38. The molecule has 0 atom stereocenters. The second-order valence-corrected chi connectivity index (χ2v) is 7.69. The largest absolute Gasteiger partial charge is 0.335 e. The van der Waals surface area contributed by atoms with Crippen molar-refractivity contribution >= 4 is 29.9 Å². The molecule has 3 nitrogen and oxygen atoms in total. The summed E-state index contributed by atoms with van der Waals surface area (Å²) in [4.78, 5) is 15.1. The second kappa shape index (κ2) is 10.4. The SMILES string of the molecule is Cl.O=C(CCC1CCNCC1)N(Cc1ccccc1Cl)C1CCCC1. The predicted molar refractivity (Wildman–Crippen MR) is 106 cm³/mol. The Kier molecular flexibility index (Phi) is 8.54. The average molecular weight is 385 g/mol. The zero-order chi connectivity index (χ0) is 16.8. The number of nitrogens with one attached hydrogen (secondary N) is 1. The van der Waals surface area contributed by atoms with E-state index in [1.807, 2.05) is 24.3 Å². The van der Waals surface area contributed by atoms with Crippen molar-refractivity contribution in [3.63, 3.8) is 0 Å². The maximum atomic E-state index is 13.0. The van der Waals surface area contributed by atoms with Crippen LogP contribution < -0.4 is 5.32 Å². The van der Waals surface area contributed by atoms with Gasteiger partial charge in [-0.2, -0.15) is 0 Å². The van der Waals surface area contributed by atoms with Crippen LogP contribution in [-0.2, 0) is 11.3 Å². The molecule has 0 unspecified atom stereocenters. The quantitative estimate of drug-likeness (QED) is 0.762. The van der Waals surface area contributed by atoms with E-state index in [-0.39, 0.29) is 12.4 Å². The van der Waals surface area contributed by atoms with E-state index in [0.29, 0.717) is 30.8 Å². The summed E-state index contributed by atoms with van der Waals surface area (Å²) in [7, 11) is 0. The number of piperidine rings is 1. The van der Waals surface area contributed by atoms with Gasteiger partial charge in [0.05, 0.1) is 0 Å². The maximum absolute atomic E-state index is 13.0. The predicted octanol–water partition coefficient (Wildman–Crippen LogP) is 4.81. The number of halogens is 2. The van der Waals surface area contributed by atoms with Crippen LogP contribution in [0, 0.1) is 5.92 Å². The molecule has 3 rings (SSSR count). The van der Waals surface area contributed by atoms with Crippen LogP contribution in [0.1, 0.15) is 56.9 Å². The third-order valence-electron chi connectivity index (χ3n) is 5.61. The molecule has 1 aliphatic carbocycles. The molecule has 140 valence electrons. The van der Waals surface area contributed by atoms with E-state index in [9.17, 15) is 4.79 Å². The Bertz CT molecular complexity index is 540. The first-order valence-corrected chi connectivity index (χ1v) is 9.85. The molecule has 25 heavy (non-hydrogen) atoms. The zero-order valence-electron chi connectivity index (χ0n) is 14.9. The average Bonchev–Trinajstić information content (AvgIpc) is 3.14. The maximum Gasteiger partial charge on any atom is 0.223 e. The summed E-state index contributed by atoms with van der Waals surface area (Å²) < 4.78 is 0. The number of benzene rings is 1. The molecule has 0 bridgehead atoms. The van der Waals surface area contributed by atoms with E-state index in [1.165, 1.54) is 25.7 Å². The van der Waals surface area contributed by atoms with Crippen molar-refractivity contribution in [1.29, 1.82) is 0 Å². The standard InChI is InChI=1S/C20H29ClN2O.ClH/c21-19-8-4-1-5-17(19)15-23(18-6-2-3-7-18)20(24)10-9-16-11-13-22-14-12-16;/h1,4-5,8,16,18,22H,2-3,6-7,9-15H2;1H. The highest BCUT2D eigenvalue weighted by molar-refractivity contribution is 6.31. The molecule has 1 aromatic rings. The van der Waals surface area contributed by atoms with Gasteiger partial charge < -0.3 is 10.2 Å². The Morgan fingerprint density at radius 2 is 1.80 bits per heavy atom. The number of hydrogen-bond acceptors (Lipinski definition) is 2. The van der Waals surface area contributed by atoms with Gasteiger partial charge in [0.15, 0.2) is 0 Å². The van der Waals surface area contributed by atoms with Crippen LogP contribution in [0.25, 0.3) is 0 Å². The molecule has 2 fully saturated rings. The van der Waals surface area contributed by atoms with E-state index in [4.69, 9.17) is 11.6 Å². The van der Waals surface area contributed by atoms with Crippen molar-refractivity contribution in [3.05, 3.63) is 34.9 Å². The Labute approximate surface area is 162 Å². The summed E-state index contributed by atoms with van der Waals surface area (Å²) in [5.74, 6) is 1.03. The Morgan fingerprint density at radius 3 is 2.48 bits per heavy atom. The summed E-state index contributed by atoms with van der Waals surface area (Å²) in [6.07, 6.45) is 8.91. The molecule has 2 aliphatic rings. The van der Waals surface area contributed by atoms with Crippen molar-refractivity contribution in [2.45, 2.75) is 64.0 Å². The van der Waals surface area contributed by atoms with Crippen molar-refractivity contribution in [2.75, 3.05) is 13.1 Å². The lowest BCUT2D eigenvalue weighted by molar-refractivity contribution is -0.134. The third-order valence-corrected chi connectivity index (χ3v) is 5.98. The Hall–Kier alpha value is -0.770. The molecule has 0 radical (unpaired) electrons. The summed E-state index contributed by atoms with van der Waals surface area (Å²) in [6.45, 7) is 2.87. The fourth-order valence-electron chi connectivity index (χ4n) is 4.09. The molecule has 0 aromatic heterocycles. The van der Waals surface area contributed by atoms with E-state index in [0.717, 1.165) is 42.9 Å². The van der Waals surface area contributed by atoms with Gasteiger partial charge in [0.2, 0.25) is 5.91 Å². The third kappa shape index (κ3) is 5.87. The lowest BCUT2D eigenvalue weighted by atomic mass is 9.93. The van der Waals surface area contributed by atoms with Gasteiger partial charge in [-0.25, -0.2) is 0 Å². The molecule has 5 heteroatoms. The molecule has 0 spiro atoms. The summed E-state index contributed by atoms with van der Waals surface area (Å²) >= 11 is 6.33. The molecule has 1 saturated carbocycles.